The van der Waals surface area contributed by atoms with E-state index in [1.54, 1.807) is 25.1 Å². The highest BCUT2D eigenvalue weighted by Gasteiger charge is 2.45. The molecule has 3 aromatic heterocycles. The Morgan fingerprint density at radius 3 is 2.69 bits per heavy atom. The van der Waals surface area contributed by atoms with Gasteiger partial charge in [0.2, 0.25) is 5.76 Å². The summed E-state index contributed by atoms with van der Waals surface area (Å²) in [7, 11) is 0. The monoisotopic (exact) mass is 482 g/mol. The minimum Gasteiger partial charge on any atom is -0.350 e. The van der Waals surface area contributed by atoms with E-state index in [1.165, 1.54) is 23.4 Å². The molecule has 0 saturated carbocycles. The van der Waals surface area contributed by atoms with Crippen LogP contribution in [0.3, 0.4) is 0 Å². The van der Waals surface area contributed by atoms with Gasteiger partial charge in [-0.25, -0.2) is 9.37 Å². The molecule has 0 spiro atoms. The number of carbonyl (C=O) groups is 1. The maximum Gasteiger partial charge on any atom is 0.504 e. The van der Waals surface area contributed by atoms with E-state index in [0.29, 0.717) is 22.5 Å². The third-order valence-corrected chi connectivity index (χ3v) is 6.01. The first-order chi connectivity index (χ1) is 16.7. The van der Waals surface area contributed by atoms with E-state index in [9.17, 15) is 18.0 Å². The van der Waals surface area contributed by atoms with Crippen LogP contribution in [0, 0.1) is 12.7 Å². The Bertz CT molecular complexity index is 1620. The number of aromatic amines is 1. The number of halogens is 4. The number of imidazole rings is 1. The number of aromatic nitrogens is 5. The lowest BCUT2D eigenvalue weighted by Gasteiger charge is -2.26. The predicted octanol–water partition coefficient (Wildman–Crippen LogP) is 5.09. The molecule has 12 heteroatoms. The zero-order valence-electron chi connectivity index (χ0n) is 17.8. The van der Waals surface area contributed by atoms with Crippen molar-refractivity contribution in [3.05, 3.63) is 83.5 Å². The maximum atomic E-state index is 15.5. The highest BCUT2D eigenvalue weighted by atomic mass is 19.4. The maximum absolute atomic E-state index is 15.5. The van der Waals surface area contributed by atoms with E-state index in [-0.39, 0.29) is 27.1 Å². The van der Waals surface area contributed by atoms with Crippen LogP contribution in [0.5, 0.6) is 0 Å². The number of nitrogens with zero attached hydrogens (tertiary/aromatic N) is 5. The fraction of sp³-hybridized carbons (Fsp3) is 0.130. The predicted molar refractivity (Wildman–Crippen MR) is 115 cm³/mol. The molecule has 1 aliphatic rings. The van der Waals surface area contributed by atoms with Gasteiger partial charge in [0.1, 0.15) is 5.82 Å². The standard InChI is InChI=1S/C23H14F4N6O2/c1-11-19-20(15-4-2-12(6-16(15)24)13-8-30-32(9-13)23(25,26)27)33(22(34)21(19)35-31-11)14-3-5-17-18(7-14)29-10-28-17/h2-10,20H,1H3,(H,28,29). The third kappa shape index (κ3) is 3.21. The van der Waals surface area contributed by atoms with Crippen molar-refractivity contribution < 1.29 is 26.9 Å². The van der Waals surface area contributed by atoms with E-state index in [4.69, 9.17) is 4.52 Å². The SMILES string of the molecule is Cc1noc2c1C(c1ccc(-c3cnn(C(F)(F)F)c3)cc1F)N(c1ccc3[nH]cnc3c1)C2=O. The number of H-pyrrole nitrogens is 1. The second-order valence-electron chi connectivity index (χ2n) is 8.07. The van der Waals surface area contributed by atoms with Gasteiger partial charge in [0.15, 0.2) is 0 Å². The van der Waals surface area contributed by atoms with Gasteiger partial charge in [-0.05, 0) is 36.8 Å². The Balaban J connectivity index is 1.46. The number of anilines is 1. The molecule has 0 saturated heterocycles. The lowest BCUT2D eigenvalue weighted by molar-refractivity contribution is -0.212. The van der Waals surface area contributed by atoms with Crippen LogP contribution in [0.15, 0.2) is 59.6 Å². The number of aryl methyl sites for hydroxylation is 1. The first-order valence-corrected chi connectivity index (χ1v) is 10.4. The zero-order valence-corrected chi connectivity index (χ0v) is 17.8. The van der Waals surface area contributed by atoms with E-state index in [0.717, 1.165) is 24.0 Å². The van der Waals surface area contributed by atoms with E-state index >= 15 is 4.39 Å². The first kappa shape index (κ1) is 21.1. The van der Waals surface area contributed by atoms with E-state index in [1.807, 2.05) is 0 Å². The van der Waals surface area contributed by atoms with Gasteiger partial charge in [-0.2, -0.15) is 9.78 Å². The molecule has 176 valence electrons. The normalized spacial score (nSPS) is 15.9. The highest BCUT2D eigenvalue weighted by molar-refractivity contribution is 6.10. The lowest BCUT2D eigenvalue weighted by atomic mass is 9.96. The molecule has 8 nitrogen and oxygen atoms in total. The number of amides is 1. The molecule has 35 heavy (non-hydrogen) atoms. The van der Waals surface area contributed by atoms with Crippen molar-refractivity contribution in [3.63, 3.8) is 0 Å². The number of hydrogen-bond acceptors (Lipinski definition) is 5. The molecule has 0 aliphatic carbocycles. The topological polar surface area (TPSA) is 92.8 Å². The summed E-state index contributed by atoms with van der Waals surface area (Å²) >= 11 is 0. The van der Waals surface area contributed by atoms with Gasteiger partial charge in [0.25, 0.3) is 5.91 Å². The van der Waals surface area contributed by atoms with Crippen LogP contribution in [0.25, 0.3) is 22.2 Å². The minimum absolute atomic E-state index is 0.00422. The minimum atomic E-state index is -4.68. The van der Waals surface area contributed by atoms with Gasteiger partial charge < -0.3 is 9.51 Å². The summed E-state index contributed by atoms with van der Waals surface area (Å²) in [5.74, 6) is -1.20. The van der Waals surface area contributed by atoms with E-state index < -0.39 is 24.1 Å². The highest BCUT2D eigenvalue weighted by Crippen LogP contribution is 2.44. The molecule has 1 unspecified atom stereocenters. The number of alkyl halides is 3. The Kier molecular flexibility index (Phi) is 4.37. The summed E-state index contributed by atoms with van der Waals surface area (Å²) in [4.78, 5) is 21.9. The molecule has 0 fully saturated rings. The van der Waals surface area contributed by atoms with Gasteiger partial charge >= 0.3 is 6.30 Å². The number of benzene rings is 2. The first-order valence-electron chi connectivity index (χ1n) is 10.4. The lowest BCUT2D eigenvalue weighted by Crippen LogP contribution is -2.29. The van der Waals surface area contributed by atoms with Gasteiger partial charge in [0, 0.05) is 23.0 Å². The van der Waals surface area contributed by atoms with Crippen LogP contribution in [0.2, 0.25) is 0 Å². The van der Waals surface area contributed by atoms with Gasteiger partial charge in [-0.1, -0.05) is 17.3 Å². The van der Waals surface area contributed by atoms with Crippen LogP contribution in [0.4, 0.5) is 23.2 Å². The van der Waals surface area contributed by atoms with Crippen LogP contribution in [-0.4, -0.2) is 30.8 Å². The van der Waals surface area contributed by atoms with Crippen molar-refractivity contribution in [2.24, 2.45) is 0 Å². The Morgan fingerprint density at radius 1 is 1.11 bits per heavy atom. The van der Waals surface area contributed by atoms with Crippen LogP contribution in [0.1, 0.15) is 33.4 Å². The molecule has 5 aromatic rings. The molecule has 2 aromatic carbocycles. The summed E-state index contributed by atoms with van der Waals surface area (Å²) < 4.78 is 59.3. The molecule has 1 aliphatic heterocycles. The van der Waals surface area contributed by atoms with Gasteiger partial charge in [0.05, 0.1) is 40.9 Å². The average molecular weight is 482 g/mol. The largest absolute Gasteiger partial charge is 0.504 e. The van der Waals surface area contributed by atoms with Crippen LogP contribution in [-0.2, 0) is 6.30 Å². The van der Waals surface area contributed by atoms with Crippen molar-refractivity contribution in [1.29, 1.82) is 0 Å². The van der Waals surface area contributed by atoms with Crippen molar-refractivity contribution in [2.45, 2.75) is 19.3 Å². The second kappa shape index (κ2) is 7.26. The van der Waals surface area contributed by atoms with Crippen molar-refractivity contribution in [2.75, 3.05) is 4.90 Å². The summed E-state index contributed by atoms with van der Waals surface area (Å²) in [5, 5.41) is 7.17. The third-order valence-electron chi connectivity index (χ3n) is 6.01. The summed E-state index contributed by atoms with van der Waals surface area (Å²) in [6.07, 6.45) is -1.37. The molecule has 0 radical (unpaired) electrons. The number of carbonyl (C=O) groups excluding carboxylic acids is 1. The smallest absolute Gasteiger partial charge is 0.350 e. The molecular weight excluding hydrogens is 468 g/mol. The Hall–Kier alpha value is -4.48. The second-order valence-corrected chi connectivity index (χ2v) is 8.07. The zero-order chi connectivity index (χ0) is 24.5. The van der Waals surface area contributed by atoms with Crippen molar-refractivity contribution >= 4 is 22.6 Å². The summed E-state index contributed by atoms with van der Waals surface area (Å²) in [6, 6.07) is 8.30. The quantitative estimate of drug-likeness (QED) is 0.362. The average Bonchev–Trinajstić information content (AvgIpc) is 3.59. The summed E-state index contributed by atoms with van der Waals surface area (Å²) in [6.45, 7) is 1.65. The number of fused-ring (bicyclic) bond motifs is 2. The fourth-order valence-corrected chi connectivity index (χ4v) is 4.38. The Morgan fingerprint density at radius 2 is 1.94 bits per heavy atom. The molecule has 1 atom stereocenters. The van der Waals surface area contributed by atoms with Crippen molar-refractivity contribution in [3.8, 4) is 11.1 Å². The summed E-state index contributed by atoms with van der Waals surface area (Å²) in [5.41, 5.74) is 3.14. The number of hydrogen-bond donors (Lipinski definition) is 1. The number of rotatable bonds is 3. The molecule has 1 amide bonds. The van der Waals surface area contributed by atoms with Crippen LogP contribution < -0.4 is 4.90 Å². The van der Waals surface area contributed by atoms with Gasteiger partial charge in [-0.3, -0.25) is 9.69 Å². The Labute approximate surface area is 193 Å². The van der Waals surface area contributed by atoms with Crippen molar-refractivity contribution in [1.82, 2.24) is 24.9 Å². The molecule has 4 heterocycles. The molecule has 6 rings (SSSR count). The van der Waals surface area contributed by atoms with Crippen LogP contribution >= 0.6 is 0 Å². The van der Waals surface area contributed by atoms with Gasteiger partial charge in [-0.15, -0.1) is 13.2 Å². The molecule has 0 bridgehead atoms. The molecule has 1 N–H and O–H groups in total. The number of nitrogens with one attached hydrogen (secondary N) is 1. The molecular formula is C23H14F4N6O2. The fourth-order valence-electron chi connectivity index (χ4n) is 4.38. The van der Waals surface area contributed by atoms with E-state index in [2.05, 4.69) is 20.2 Å².